The molecule has 1 amide bonds. The van der Waals surface area contributed by atoms with E-state index in [1.165, 1.54) is 44.1 Å². The quantitative estimate of drug-likeness (QED) is 0.0617. The van der Waals surface area contributed by atoms with Gasteiger partial charge < -0.3 is 66.2 Å². The number of rotatable bonds is 13. The van der Waals surface area contributed by atoms with Crippen molar-refractivity contribution in [3.63, 3.8) is 0 Å². The van der Waals surface area contributed by atoms with E-state index >= 15 is 0 Å². The Morgan fingerprint density at radius 3 is 1.54 bits per heavy atom. The predicted octanol–water partition coefficient (Wildman–Crippen LogP) is 7.53. The van der Waals surface area contributed by atoms with E-state index in [-0.39, 0.29) is 46.5 Å². The number of hydrogen-bond acceptors (Lipinski definition) is 17. The second kappa shape index (κ2) is 27.2. The molecule has 0 atom stereocenters. The normalized spacial score (nSPS) is 14.4. The topological polar surface area (TPSA) is 232 Å². The van der Waals surface area contributed by atoms with Gasteiger partial charge in [0.1, 0.15) is 25.1 Å². The van der Waals surface area contributed by atoms with Gasteiger partial charge >= 0.3 is 24.0 Å². The monoisotopic (exact) mass is 1150 g/mol. The number of amides is 1. The maximum absolute atomic E-state index is 13.4. The average molecular weight is 1150 g/mol. The maximum Gasteiger partial charge on any atom is 0.410 e. The van der Waals surface area contributed by atoms with E-state index in [0.29, 0.717) is 97.6 Å². The smallest absolute Gasteiger partial charge is 0.410 e. The fourth-order valence-corrected chi connectivity index (χ4v) is 10.4. The number of methoxy groups -OCH3 is 3. The van der Waals surface area contributed by atoms with Crippen LogP contribution >= 0.6 is 0 Å². The summed E-state index contributed by atoms with van der Waals surface area (Å²) in [6, 6.07) is 26.4. The fraction of sp³-hybridized carbons (Fsp3) is 0.397. The molecule has 21 nitrogen and oxygen atoms in total. The first-order valence-corrected chi connectivity index (χ1v) is 27.7. The molecular weight excluding hydrogens is 1080 g/mol. The number of benzene rings is 4. The Morgan fingerprint density at radius 1 is 0.583 bits per heavy atom. The Morgan fingerprint density at radius 2 is 1.05 bits per heavy atom. The Balaban J connectivity index is 0.000000186. The van der Waals surface area contributed by atoms with Crippen molar-refractivity contribution in [2.24, 2.45) is 0 Å². The number of piperidine rings is 1. The average Bonchev–Trinajstić information content (AvgIpc) is 2.22. The molecule has 4 aromatic carbocycles. The van der Waals surface area contributed by atoms with Crippen LogP contribution < -0.4 is 26.2 Å². The summed E-state index contributed by atoms with van der Waals surface area (Å²) in [7, 11) is 3.88. The second-order valence-corrected chi connectivity index (χ2v) is 21.6. The van der Waals surface area contributed by atoms with Crippen LogP contribution in [0, 0.1) is 20.8 Å². The Labute approximate surface area is 485 Å². The minimum absolute atomic E-state index is 0.00448. The van der Waals surface area contributed by atoms with Gasteiger partial charge in [-0.3, -0.25) is 14.4 Å². The molecule has 0 bridgehead atoms. The van der Waals surface area contributed by atoms with Crippen molar-refractivity contribution >= 4 is 63.0 Å². The molecule has 84 heavy (non-hydrogen) atoms. The summed E-state index contributed by atoms with van der Waals surface area (Å²) < 4.78 is 47.1. The van der Waals surface area contributed by atoms with E-state index in [4.69, 9.17) is 33.2 Å². The Kier molecular flexibility index (Phi) is 19.9. The summed E-state index contributed by atoms with van der Waals surface area (Å²) in [6.07, 6.45) is 1.44. The third-order valence-electron chi connectivity index (χ3n) is 14.5. The van der Waals surface area contributed by atoms with Crippen LogP contribution in [0.4, 0.5) is 4.79 Å². The molecule has 3 aliphatic heterocycles. The van der Waals surface area contributed by atoms with Gasteiger partial charge in [0.25, 0.3) is 16.7 Å². The van der Waals surface area contributed by atoms with Crippen molar-refractivity contribution in [2.45, 2.75) is 98.5 Å². The van der Waals surface area contributed by atoms with Gasteiger partial charge in [-0.2, -0.15) is 0 Å². The molecule has 3 aromatic heterocycles. The number of carbonyl (C=O) groups excluding carboxylic acids is 5. The number of nitrogens with zero attached hydrogens (tertiary/aromatic N) is 5. The van der Waals surface area contributed by atoms with Gasteiger partial charge in [-0.25, -0.2) is 19.2 Å². The molecule has 0 spiro atoms. The highest BCUT2D eigenvalue weighted by atomic mass is 16.7. The van der Waals surface area contributed by atoms with Crippen LogP contribution in [0.5, 0.6) is 11.5 Å². The minimum Gasteiger partial charge on any atom is -0.486 e. The molecule has 0 N–H and O–H groups in total. The molecule has 3 aliphatic rings. The van der Waals surface area contributed by atoms with Gasteiger partial charge in [0, 0.05) is 73.1 Å². The molecular formula is C63H71N5O16. The number of aromatic nitrogens is 3. The number of pyridine rings is 3. The third kappa shape index (κ3) is 14.6. The van der Waals surface area contributed by atoms with Crippen molar-refractivity contribution in [2.75, 3.05) is 67.4 Å². The van der Waals surface area contributed by atoms with Crippen molar-refractivity contribution in [3.05, 3.63) is 161 Å². The molecule has 2 fully saturated rings. The number of aryl methyl sites for hydroxylation is 3. The van der Waals surface area contributed by atoms with Gasteiger partial charge in [0.2, 0.25) is 0 Å². The Bertz CT molecular complexity index is 3790. The second-order valence-electron chi connectivity index (χ2n) is 21.6. The molecule has 0 unspecified atom stereocenters. The zero-order chi connectivity index (χ0) is 60.4. The van der Waals surface area contributed by atoms with Crippen LogP contribution in [0.15, 0.2) is 105 Å². The number of carbonyl (C=O) groups is 5. The number of ether oxygens (including phenoxy) is 8. The van der Waals surface area contributed by atoms with Crippen LogP contribution in [0.1, 0.15) is 86.9 Å². The highest BCUT2D eigenvalue weighted by Gasteiger charge is 2.32. The lowest BCUT2D eigenvalue weighted by Crippen LogP contribution is -2.49. The van der Waals surface area contributed by atoms with E-state index < -0.39 is 35.4 Å². The van der Waals surface area contributed by atoms with Gasteiger partial charge in [-0.05, 0) is 107 Å². The first-order valence-electron chi connectivity index (χ1n) is 27.7. The van der Waals surface area contributed by atoms with E-state index in [0.717, 1.165) is 53.7 Å². The summed E-state index contributed by atoms with van der Waals surface area (Å²) in [5, 5.41) is 1.97. The summed E-state index contributed by atoms with van der Waals surface area (Å²) in [5.41, 5.74) is 5.08. The highest BCUT2D eigenvalue weighted by Crippen LogP contribution is 2.33. The predicted molar refractivity (Wildman–Crippen MR) is 313 cm³/mol. The van der Waals surface area contributed by atoms with Crippen LogP contribution in [0.3, 0.4) is 0 Å². The SMILES string of the molecule is COC(=O)c1cc(=O)n(CC2OCCO2)c2cc(C)ccc12.COC(=O)c1cc(=O)n(CC=O)c2cc(C)ccc12.COC(=O)c1cc(=O)n(CCN2CCC(N(Cc3ccc4c(c3)OCCO4)C(=O)OC(C)(C)C)CC2)c2cc(C)ccc12. The first-order chi connectivity index (χ1) is 40.2. The van der Waals surface area contributed by atoms with E-state index in [1.807, 2.05) is 107 Å². The molecule has 21 heteroatoms. The molecule has 2 saturated heterocycles. The fourth-order valence-electron chi connectivity index (χ4n) is 10.4. The van der Waals surface area contributed by atoms with E-state index in [9.17, 15) is 38.4 Å². The van der Waals surface area contributed by atoms with Crippen LogP contribution in [-0.4, -0.2) is 139 Å². The van der Waals surface area contributed by atoms with Crippen molar-refractivity contribution < 1.29 is 61.9 Å². The standard InChI is InChI=1S/C33H41N3O7.C16H17NO5.C14H13NO4/c1-22-6-8-25-26(31(38)40-5)20-30(37)35(27(25)18-22)15-14-34-12-10-24(11-13-34)36(32(39)43-33(2,3)4)21-23-7-9-28-29(19-23)42-17-16-41-28;1-10-3-4-11-12(16(19)20-2)8-14(18)17(13(11)7-10)9-15-21-5-6-22-15;1-9-3-4-10-11(14(18)19-2)8-13(17)15(5-6-16)12(10)7-9/h6-9,18-20,24H,10-17,21H2,1-5H3;3-4,7-8,15H,5-6,9H2,1-2H3;3-4,6-8H,5H2,1-2H3. The molecule has 0 aliphatic carbocycles. The summed E-state index contributed by atoms with van der Waals surface area (Å²) in [6.45, 7) is 16.8. The molecule has 10 rings (SSSR count). The summed E-state index contributed by atoms with van der Waals surface area (Å²) >= 11 is 0. The highest BCUT2D eigenvalue weighted by molar-refractivity contribution is 6.05. The van der Waals surface area contributed by atoms with Gasteiger partial charge in [-0.15, -0.1) is 0 Å². The lowest BCUT2D eigenvalue weighted by Gasteiger charge is -2.39. The van der Waals surface area contributed by atoms with Crippen LogP contribution in [0.2, 0.25) is 0 Å². The van der Waals surface area contributed by atoms with Crippen molar-refractivity contribution in [1.82, 2.24) is 23.5 Å². The van der Waals surface area contributed by atoms with E-state index in [1.54, 1.807) is 21.3 Å². The zero-order valence-electron chi connectivity index (χ0n) is 48.9. The number of aldehydes is 1. The zero-order valence-corrected chi connectivity index (χ0v) is 48.9. The van der Waals surface area contributed by atoms with Gasteiger partial charge in [-0.1, -0.05) is 42.5 Å². The van der Waals surface area contributed by atoms with Crippen molar-refractivity contribution in [1.29, 1.82) is 0 Å². The number of esters is 3. The molecule has 0 radical (unpaired) electrons. The lowest BCUT2D eigenvalue weighted by atomic mass is 10.0. The Hall–Kier alpha value is -8.66. The van der Waals surface area contributed by atoms with E-state index in [2.05, 4.69) is 9.64 Å². The maximum atomic E-state index is 13.4. The molecule has 7 aromatic rings. The lowest BCUT2D eigenvalue weighted by molar-refractivity contribution is -0.108. The number of fused-ring (bicyclic) bond motifs is 4. The van der Waals surface area contributed by atoms with Crippen LogP contribution in [-0.2, 0) is 59.4 Å². The van der Waals surface area contributed by atoms with Crippen molar-refractivity contribution in [3.8, 4) is 11.5 Å². The number of likely N-dealkylation sites (tertiary alicyclic amines) is 1. The minimum atomic E-state index is -0.610. The number of hydrogen-bond donors (Lipinski definition) is 0. The third-order valence-corrected chi connectivity index (χ3v) is 14.5. The van der Waals surface area contributed by atoms with Gasteiger partial charge in [0.15, 0.2) is 17.8 Å². The first kappa shape index (κ1) is 61.4. The largest absolute Gasteiger partial charge is 0.486 e. The molecule has 6 heterocycles. The summed E-state index contributed by atoms with van der Waals surface area (Å²) in [4.78, 5) is 102. The van der Waals surface area contributed by atoms with Crippen LogP contribution in [0.25, 0.3) is 32.7 Å². The molecule has 444 valence electrons. The molecule has 0 saturated carbocycles. The van der Waals surface area contributed by atoms with Gasteiger partial charge in [0.05, 0.1) is 80.9 Å². The summed E-state index contributed by atoms with van der Waals surface area (Å²) in [5.74, 6) is -0.198.